The zero-order chi connectivity index (χ0) is 24.3. The minimum atomic E-state index is -1.12. The number of carbonyl (C=O) groups excluding carboxylic acids is 2. The molecule has 0 bridgehead atoms. The van der Waals surface area contributed by atoms with Crippen LogP contribution in [0.5, 0.6) is 17.2 Å². The molecule has 0 saturated heterocycles. The predicted octanol–water partition coefficient (Wildman–Crippen LogP) is 5.09. The number of hydrogen-bond acceptors (Lipinski definition) is 6. The minimum absolute atomic E-state index is 0.0163. The molecule has 178 valence electrons. The maximum absolute atomic E-state index is 13.1. The Hall–Kier alpha value is -4.00. The molecule has 7 nitrogen and oxygen atoms in total. The number of anilines is 1. The standard InChI is InChI=1S/C27H29NO6/c1-4-32-21-11-13-22(14-12-21)33-17-16-25(29)34-26(20-8-6-5-7-9-20)27(30)28-23-18-19(2)10-15-24(23)31-3/h5-15,18,26H,4,16-17H2,1-3H3,(H,28,30). The summed E-state index contributed by atoms with van der Waals surface area (Å²) in [6, 6.07) is 21.5. The Bertz CT molecular complexity index is 1080. The molecule has 0 aromatic heterocycles. The fourth-order valence-electron chi connectivity index (χ4n) is 3.26. The fraction of sp³-hybridized carbons (Fsp3) is 0.259. The zero-order valence-corrected chi connectivity index (χ0v) is 19.6. The van der Waals surface area contributed by atoms with Crippen molar-refractivity contribution in [1.29, 1.82) is 0 Å². The number of aryl methyl sites for hydroxylation is 1. The van der Waals surface area contributed by atoms with Gasteiger partial charge in [-0.05, 0) is 55.8 Å². The number of methoxy groups -OCH3 is 1. The lowest BCUT2D eigenvalue weighted by atomic mass is 10.1. The van der Waals surface area contributed by atoms with E-state index in [0.29, 0.717) is 29.4 Å². The van der Waals surface area contributed by atoms with E-state index in [1.165, 1.54) is 7.11 Å². The van der Waals surface area contributed by atoms with Crippen molar-refractivity contribution in [2.75, 3.05) is 25.6 Å². The van der Waals surface area contributed by atoms with Crippen molar-refractivity contribution < 1.29 is 28.5 Å². The molecule has 0 aliphatic rings. The van der Waals surface area contributed by atoms with Gasteiger partial charge in [-0.1, -0.05) is 36.4 Å². The molecule has 34 heavy (non-hydrogen) atoms. The lowest BCUT2D eigenvalue weighted by Gasteiger charge is -2.19. The van der Waals surface area contributed by atoms with Crippen LogP contribution < -0.4 is 19.5 Å². The molecule has 3 rings (SSSR count). The van der Waals surface area contributed by atoms with Gasteiger partial charge in [-0.15, -0.1) is 0 Å². The highest BCUT2D eigenvalue weighted by atomic mass is 16.6. The summed E-state index contributed by atoms with van der Waals surface area (Å²) in [4.78, 5) is 25.7. The van der Waals surface area contributed by atoms with Gasteiger partial charge in [0.2, 0.25) is 6.10 Å². The third-order valence-electron chi connectivity index (χ3n) is 4.91. The summed E-state index contributed by atoms with van der Waals surface area (Å²) >= 11 is 0. The van der Waals surface area contributed by atoms with Gasteiger partial charge in [0.05, 0.1) is 32.4 Å². The highest BCUT2D eigenvalue weighted by Gasteiger charge is 2.26. The number of nitrogens with one attached hydrogen (secondary N) is 1. The second-order valence-electron chi connectivity index (χ2n) is 7.48. The van der Waals surface area contributed by atoms with E-state index in [9.17, 15) is 9.59 Å². The number of rotatable bonds is 11. The van der Waals surface area contributed by atoms with Crippen LogP contribution in [0.1, 0.15) is 30.6 Å². The molecular weight excluding hydrogens is 434 g/mol. The molecule has 0 aliphatic carbocycles. The van der Waals surface area contributed by atoms with Crippen molar-refractivity contribution in [2.45, 2.75) is 26.4 Å². The SMILES string of the molecule is CCOc1ccc(OCCC(=O)OC(C(=O)Nc2cc(C)ccc2OC)c2ccccc2)cc1. The maximum atomic E-state index is 13.1. The third-order valence-corrected chi connectivity index (χ3v) is 4.91. The highest BCUT2D eigenvalue weighted by Crippen LogP contribution is 2.28. The summed E-state index contributed by atoms with van der Waals surface area (Å²) < 4.78 is 21.9. The fourth-order valence-corrected chi connectivity index (χ4v) is 3.26. The van der Waals surface area contributed by atoms with Gasteiger partial charge in [-0.25, -0.2) is 0 Å². The first-order valence-electron chi connectivity index (χ1n) is 11.1. The summed E-state index contributed by atoms with van der Waals surface area (Å²) in [5.41, 5.74) is 2.02. The van der Waals surface area contributed by atoms with Gasteiger partial charge < -0.3 is 24.3 Å². The molecule has 0 heterocycles. The molecule has 0 saturated carbocycles. The first-order valence-corrected chi connectivity index (χ1v) is 11.1. The summed E-state index contributed by atoms with van der Waals surface area (Å²) in [6.07, 6.45) is -1.14. The summed E-state index contributed by atoms with van der Waals surface area (Å²) in [6.45, 7) is 4.52. The third kappa shape index (κ3) is 7.00. The van der Waals surface area contributed by atoms with E-state index in [0.717, 1.165) is 11.3 Å². The van der Waals surface area contributed by atoms with Crippen LogP contribution in [0.25, 0.3) is 0 Å². The molecule has 1 amide bonds. The first-order chi connectivity index (χ1) is 16.5. The summed E-state index contributed by atoms with van der Waals surface area (Å²) in [5.74, 6) is 0.847. The van der Waals surface area contributed by atoms with Crippen LogP contribution in [-0.4, -0.2) is 32.2 Å². The lowest BCUT2D eigenvalue weighted by molar-refractivity contribution is -0.155. The highest BCUT2D eigenvalue weighted by molar-refractivity contribution is 5.97. The smallest absolute Gasteiger partial charge is 0.310 e. The number of benzene rings is 3. The van der Waals surface area contributed by atoms with E-state index in [-0.39, 0.29) is 13.0 Å². The topological polar surface area (TPSA) is 83.1 Å². The van der Waals surface area contributed by atoms with Crippen LogP contribution in [0.15, 0.2) is 72.8 Å². The molecule has 1 N–H and O–H groups in total. The van der Waals surface area contributed by atoms with Gasteiger partial charge in [-0.2, -0.15) is 0 Å². The van der Waals surface area contributed by atoms with Crippen molar-refractivity contribution in [3.63, 3.8) is 0 Å². The number of amides is 1. The normalized spacial score (nSPS) is 11.3. The van der Waals surface area contributed by atoms with E-state index in [4.69, 9.17) is 18.9 Å². The van der Waals surface area contributed by atoms with Crippen LogP contribution in [0, 0.1) is 6.92 Å². The van der Waals surface area contributed by atoms with Gasteiger partial charge in [-0.3, -0.25) is 9.59 Å². The number of esters is 1. The Labute approximate surface area is 199 Å². The Morgan fingerprint density at radius 1 is 0.912 bits per heavy atom. The molecule has 0 radical (unpaired) electrons. The van der Waals surface area contributed by atoms with E-state index in [1.807, 2.05) is 26.0 Å². The maximum Gasteiger partial charge on any atom is 0.310 e. The molecule has 1 unspecified atom stereocenters. The Morgan fingerprint density at radius 3 is 2.24 bits per heavy atom. The average Bonchev–Trinajstić information content (AvgIpc) is 2.84. The molecular formula is C27H29NO6. The second-order valence-corrected chi connectivity index (χ2v) is 7.48. The van der Waals surface area contributed by atoms with Crippen molar-refractivity contribution >= 4 is 17.6 Å². The molecule has 0 aliphatic heterocycles. The van der Waals surface area contributed by atoms with Gasteiger partial charge in [0.25, 0.3) is 5.91 Å². The van der Waals surface area contributed by atoms with Gasteiger partial charge in [0.1, 0.15) is 17.2 Å². The van der Waals surface area contributed by atoms with Crippen LogP contribution in [0.3, 0.4) is 0 Å². The summed E-state index contributed by atoms with van der Waals surface area (Å²) in [7, 11) is 1.53. The van der Waals surface area contributed by atoms with Crippen molar-refractivity contribution in [3.05, 3.63) is 83.9 Å². The van der Waals surface area contributed by atoms with Crippen LogP contribution >= 0.6 is 0 Å². The minimum Gasteiger partial charge on any atom is -0.495 e. The zero-order valence-electron chi connectivity index (χ0n) is 19.6. The monoisotopic (exact) mass is 463 g/mol. The van der Waals surface area contributed by atoms with Crippen LogP contribution in [0.4, 0.5) is 5.69 Å². The number of ether oxygens (including phenoxy) is 4. The quantitative estimate of drug-likeness (QED) is 0.399. The molecule has 3 aromatic rings. The second kappa shape index (κ2) is 12.3. The van der Waals surface area contributed by atoms with Gasteiger partial charge in [0, 0.05) is 5.56 Å². The van der Waals surface area contributed by atoms with Crippen molar-refractivity contribution in [3.8, 4) is 17.2 Å². The average molecular weight is 464 g/mol. The Morgan fingerprint density at radius 2 is 1.59 bits per heavy atom. The summed E-state index contributed by atoms with van der Waals surface area (Å²) in [5, 5.41) is 2.82. The van der Waals surface area contributed by atoms with Crippen molar-refractivity contribution in [1.82, 2.24) is 0 Å². The van der Waals surface area contributed by atoms with Gasteiger partial charge in [0.15, 0.2) is 0 Å². The van der Waals surface area contributed by atoms with E-state index < -0.39 is 18.0 Å². The lowest BCUT2D eigenvalue weighted by Crippen LogP contribution is -2.26. The van der Waals surface area contributed by atoms with Crippen LogP contribution in [0.2, 0.25) is 0 Å². The van der Waals surface area contributed by atoms with E-state index in [2.05, 4.69) is 5.32 Å². The first kappa shape index (κ1) is 24.6. The molecule has 3 aromatic carbocycles. The molecule has 0 spiro atoms. The molecule has 7 heteroatoms. The number of carbonyl (C=O) groups is 2. The van der Waals surface area contributed by atoms with E-state index >= 15 is 0 Å². The number of hydrogen-bond donors (Lipinski definition) is 1. The van der Waals surface area contributed by atoms with Crippen LogP contribution in [-0.2, 0) is 14.3 Å². The van der Waals surface area contributed by atoms with Crippen molar-refractivity contribution in [2.24, 2.45) is 0 Å². The predicted molar refractivity (Wildman–Crippen MR) is 129 cm³/mol. The Kier molecular flexibility index (Phi) is 8.91. The Balaban J connectivity index is 1.64. The van der Waals surface area contributed by atoms with Gasteiger partial charge >= 0.3 is 5.97 Å². The largest absolute Gasteiger partial charge is 0.495 e. The van der Waals surface area contributed by atoms with E-state index in [1.54, 1.807) is 60.7 Å². The molecule has 0 fully saturated rings. The molecule has 1 atom stereocenters.